The first-order chi connectivity index (χ1) is 4.88. The van der Waals surface area contributed by atoms with Crippen molar-refractivity contribution in [2.75, 3.05) is 5.73 Å². The Hall–Kier alpha value is -1.51. The van der Waals surface area contributed by atoms with Crippen LogP contribution in [-0.4, -0.2) is 4.98 Å². The molecule has 0 aliphatic carbocycles. The summed E-state index contributed by atoms with van der Waals surface area (Å²) in [4.78, 5) is 4.01. The average Bonchev–Trinajstić information content (AvgIpc) is 2.36. The number of nitrogens with zero attached hydrogens (tertiary/aromatic N) is 2. The van der Waals surface area contributed by atoms with Crippen molar-refractivity contribution in [1.29, 1.82) is 0 Å². The van der Waals surface area contributed by atoms with Gasteiger partial charge in [-0.3, -0.25) is 0 Å². The van der Waals surface area contributed by atoms with E-state index >= 15 is 0 Å². The summed E-state index contributed by atoms with van der Waals surface area (Å²) in [5, 5.41) is 3.99. The summed E-state index contributed by atoms with van der Waals surface area (Å²) in [7, 11) is 0. The minimum absolute atomic E-state index is 0.722. The zero-order valence-electron chi connectivity index (χ0n) is 5.28. The van der Waals surface area contributed by atoms with Crippen LogP contribution in [0.1, 0.15) is 5.56 Å². The smallest absolute Gasteiger partial charge is 0.161 e. The molecular formula is C7H6N3. The fourth-order valence-electron chi connectivity index (χ4n) is 0.933. The van der Waals surface area contributed by atoms with Crippen LogP contribution in [0.15, 0.2) is 18.5 Å². The van der Waals surface area contributed by atoms with E-state index in [0.29, 0.717) is 0 Å². The molecule has 1 radical (unpaired) electrons. The van der Waals surface area contributed by atoms with Crippen LogP contribution in [0.4, 0.5) is 11.5 Å². The van der Waals surface area contributed by atoms with Crippen molar-refractivity contribution < 1.29 is 0 Å². The van der Waals surface area contributed by atoms with Crippen molar-refractivity contribution in [3.05, 3.63) is 24.0 Å². The maximum Gasteiger partial charge on any atom is 0.161 e. The Labute approximate surface area is 58.6 Å². The molecule has 0 spiro atoms. The van der Waals surface area contributed by atoms with Crippen molar-refractivity contribution in [2.45, 2.75) is 0 Å². The Kier molecular flexibility index (Phi) is 0.917. The van der Waals surface area contributed by atoms with E-state index in [4.69, 9.17) is 5.73 Å². The molecule has 0 aromatic carbocycles. The summed E-state index contributed by atoms with van der Waals surface area (Å²) < 4.78 is 0. The molecule has 2 rings (SSSR count). The van der Waals surface area contributed by atoms with Crippen LogP contribution < -0.4 is 11.1 Å². The van der Waals surface area contributed by atoms with E-state index in [2.05, 4.69) is 10.3 Å². The van der Waals surface area contributed by atoms with Crippen LogP contribution in [0.3, 0.4) is 0 Å². The number of nitrogens with two attached hydrogens (primary N) is 1. The van der Waals surface area contributed by atoms with Gasteiger partial charge in [0.25, 0.3) is 0 Å². The molecule has 1 aliphatic heterocycles. The van der Waals surface area contributed by atoms with Gasteiger partial charge >= 0.3 is 0 Å². The first-order valence-electron chi connectivity index (χ1n) is 3.00. The monoisotopic (exact) mass is 132 g/mol. The molecule has 1 aromatic rings. The van der Waals surface area contributed by atoms with E-state index in [0.717, 1.165) is 17.1 Å². The molecule has 0 unspecified atom stereocenters. The van der Waals surface area contributed by atoms with Crippen LogP contribution in [0.2, 0.25) is 0 Å². The minimum Gasteiger partial charge on any atom is -0.398 e. The number of rotatable bonds is 0. The highest BCUT2D eigenvalue weighted by Crippen LogP contribution is 2.24. The quantitative estimate of drug-likeness (QED) is 0.569. The van der Waals surface area contributed by atoms with E-state index in [9.17, 15) is 0 Å². The SMILES string of the molecule is Nc1ccnc2c1C=C[N]2. The lowest BCUT2D eigenvalue weighted by molar-refractivity contribution is 1.12. The largest absolute Gasteiger partial charge is 0.398 e. The second-order valence-corrected chi connectivity index (χ2v) is 2.08. The van der Waals surface area contributed by atoms with Gasteiger partial charge in [0, 0.05) is 23.6 Å². The number of pyridine rings is 1. The van der Waals surface area contributed by atoms with E-state index < -0.39 is 0 Å². The van der Waals surface area contributed by atoms with E-state index in [1.165, 1.54) is 0 Å². The third kappa shape index (κ3) is 0.572. The molecule has 49 valence electrons. The fourth-order valence-corrected chi connectivity index (χ4v) is 0.933. The molecule has 2 heterocycles. The van der Waals surface area contributed by atoms with Gasteiger partial charge in [0.2, 0.25) is 0 Å². The fraction of sp³-hybridized carbons (Fsp3) is 0. The molecule has 0 bridgehead atoms. The van der Waals surface area contributed by atoms with Gasteiger partial charge in [-0.25, -0.2) is 10.3 Å². The van der Waals surface area contributed by atoms with Crippen LogP contribution in [0.25, 0.3) is 6.08 Å². The maximum absolute atomic E-state index is 5.62. The summed E-state index contributed by atoms with van der Waals surface area (Å²) in [6.45, 7) is 0. The van der Waals surface area contributed by atoms with Gasteiger partial charge in [-0.15, -0.1) is 0 Å². The topological polar surface area (TPSA) is 53.0 Å². The maximum atomic E-state index is 5.62. The summed E-state index contributed by atoms with van der Waals surface area (Å²) >= 11 is 0. The number of nitrogen functional groups attached to an aromatic ring is 1. The summed E-state index contributed by atoms with van der Waals surface area (Å²) in [6, 6.07) is 1.77. The number of anilines is 1. The van der Waals surface area contributed by atoms with E-state index in [-0.39, 0.29) is 0 Å². The van der Waals surface area contributed by atoms with Gasteiger partial charge < -0.3 is 5.73 Å². The summed E-state index contributed by atoms with van der Waals surface area (Å²) in [5.41, 5.74) is 7.29. The lowest BCUT2D eigenvalue weighted by atomic mass is 10.2. The van der Waals surface area contributed by atoms with Gasteiger partial charge in [0.1, 0.15) is 0 Å². The first-order valence-corrected chi connectivity index (χ1v) is 3.00. The molecule has 3 nitrogen and oxygen atoms in total. The lowest BCUT2D eigenvalue weighted by Gasteiger charge is -1.97. The number of fused-ring (bicyclic) bond motifs is 1. The van der Waals surface area contributed by atoms with Gasteiger partial charge in [-0.05, 0) is 12.1 Å². The summed E-state index contributed by atoms with van der Waals surface area (Å²) in [5.74, 6) is 0.722. The lowest BCUT2D eigenvalue weighted by Crippen LogP contribution is -1.92. The van der Waals surface area contributed by atoms with Crippen molar-refractivity contribution in [3.63, 3.8) is 0 Å². The van der Waals surface area contributed by atoms with Crippen molar-refractivity contribution in [3.8, 4) is 0 Å². The molecule has 2 N–H and O–H groups in total. The molecule has 0 amide bonds. The molecule has 3 heteroatoms. The zero-order valence-corrected chi connectivity index (χ0v) is 5.28. The number of hydrogen-bond acceptors (Lipinski definition) is 2. The van der Waals surface area contributed by atoms with E-state index in [1.807, 2.05) is 6.08 Å². The molecule has 10 heavy (non-hydrogen) atoms. The van der Waals surface area contributed by atoms with Crippen LogP contribution >= 0.6 is 0 Å². The Morgan fingerprint density at radius 2 is 2.30 bits per heavy atom. The molecule has 0 saturated carbocycles. The molecule has 0 fully saturated rings. The van der Waals surface area contributed by atoms with Crippen molar-refractivity contribution in [1.82, 2.24) is 10.3 Å². The zero-order chi connectivity index (χ0) is 6.97. The van der Waals surface area contributed by atoms with Crippen molar-refractivity contribution in [2.24, 2.45) is 0 Å². The predicted octanol–water partition coefficient (Wildman–Crippen LogP) is 0.884. The van der Waals surface area contributed by atoms with Gasteiger partial charge in [0.05, 0.1) is 0 Å². The average molecular weight is 132 g/mol. The van der Waals surface area contributed by atoms with Crippen LogP contribution in [0.5, 0.6) is 0 Å². The standard InChI is InChI=1S/C7H6N3/c8-6-2-4-10-7-5(6)1-3-9-7/h1-4H,(H2,8,10). The molecule has 0 saturated heterocycles. The third-order valence-corrected chi connectivity index (χ3v) is 1.44. The Bertz CT molecular complexity index is 291. The minimum atomic E-state index is 0.722. The van der Waals surface area contributed by atoms with Gasteiger partial charge in [-0.1, -0.05) is 0 Å². The van der Waals surface area contributed by atoms with Crippen LogP contribution in [-0.2, 0) is 0 Å². The number of aromatic nitrogens is 1. The second kappa shape index (κ2) is 1.73. The van der Waals surface area contributed by atoms with Gasteiger partial charge in [-0.2, -0.15) is 0 Å². The highest BCUT2D eigenvalue weighted by atomic mass is 15.0. The Morgan fingerprint density at radius 1 is 1.40 bits per heavy atom. The van der Waals surface area contributed by atoms with Crippen molar-refractivity contribution >= 4 is 17.6 Å². The second-order valence-electron chi connectivity index (χ2n) is 2.08. The van der Waals surface area contributed by atoms with E-state index in [1.54, 1.807) is 18.5 Å². The molecule has 0 atom stereocenters. The Balaban J connectivity index is 2.67. The predicted molar refractivity (Wildman–Crippen MR) is 39.5 cm³/mol. The van der Waals surface area contributed by atoms with Gasteiger partial charge in [0.15, 0.2) is 5.82 Å². The molecule has 1 aromatic heterocycles. The first kappa shape index (κ1) is 5.29. The normalized spacial score (nSPS) is 12.8. The Morgan fingerprint density at radius 3 is 3.10 bits per heavy atom. The molecule has 1 aliphatic rings. The van der Waals surface area contributed by atoms with Crippen LogP contribution in [0, 0.1) is 0 Å². The highest BCUT2D eigenvalue weighted by molar-refractivity contribution is 5.75. The number of hydrogen-bond donors (Lipinski definition) is 1. The highest BCUT2D eigenvalue weighted by Gasteiger charge is 2.08. The summed E-state index contributed by atoms with van der Waals surface area (Å²) in [6.07, 6.45) is 5.22. The third-order valence-electron chi connectivity index (χ3n) is 1.44. The molecular weight excluding hydrogens is 126 g/mol.